The maximum atomic E-state index is 12.0. The Hall–Kier alpha value is -1.46. The summed E-state index contributed by atoms with van der Waals surface area (Å²) in [6, 6.07) is 2.82. The molecule has 7 heteroatoms. The Balaban J connectivity index is 2.87. The molecule has 2 N–H and O–H groups in total. The van der Waals surface area contributed by atoms with E-state index in [0.29, 0.717) is 0 Å². The molecule has 0 atom stereocenters. The molecule has 0 fully saturated rings. The minimum atomic E-state index is -1.06. The van der Waals surface area contributed by atoms with Gasteiger partial charge in [-0.25, -0.2) is 0 Å². The SMILES string of the molecule is COc1c(Cl)cc(C(=O)NCC(C)(C)C(=O)O)cc1Cl. The molecule has 0 saturated heterocycles. The Morgan fingerprint density at radius 3 is 2.20 bits per heavy atom. The second kappa shape index (κ2) is 6.33. The third kappa shape index (κ3) is 3.77. The van der Waals surface area contributed by atoms with E-state index in [4.69, 9.17) is 33.0 Å². The molecule has 0 aromatic heterocycles. The van der Waals surface area contributed by atoms with Gasteiger partial charge in [-0.15, -0.1) is 0 Å². The van der Waals surface area contributed by atoms with E-state index >= 15 is 0 Å². The molecule has 0 spiro atoms. The number of amides is 1. The second-order valence-corrected chi connectivity index (χ2v) is 5.66. The summed E-state index contributed by atoms with van der Waals surface area (Å²) in [5.41, 5.74) is -0.822. The molecule has 0 radical (unpaired) electrons. The van der Waals surface area contributed by atoms with E-state index in [0.717, 1.165) is 0 Å². The number of hydrogen-bond acceptors (Lipinski definition) is 3. The van der Waals surface area contributed by atoms with Crippen molar-refractivity contribution < 1.29 is 19.4 Å². The number of methoxy groups -OCH3 is 1. The van der Waals surface area contributed by atoms with Crippen LogP contribution in [0.15, 0.2) is 12.1 Å². The van der Waals surface area contributed by atoms with Gasteiger partial charge in [0.05, 0.1) is 22.6 Å². The molecule has 5 nitrogen and oxygen atoms in total. The number of carbonyl (C=O) groups is 2. The van der Waals surface area contributed by atoms with Crippen molar-refractivity contribution in [2.45, 2.75) is 13.8 Å². The fourth-order valence-electron chi connectivity index (χ4n) is 1.36. The second-order valence-electron chi connectivity index (χ2n) is 4.84. The van der Waals surface area contributed by atoms with Gasteiger partial charge in [0.25, 0.3) is 5.91 Å². The highest BCUT2D eigenvalue weighted by Gasteiger charge is 2.27. The molecule has 110 valence electrons. The van der Waals surface area contributed by atoms with Gasteiger partial charge >= 0.3 is 5.97 Å². The number of carboxylic acids is 1. The lowest BCUT2D eigenvalue weighted by Gasteiger charge is -2.19. The highest BCUT2D eigenvalue weighted by atomic mass is 35.5. The Morgan fingerprint density at radius 1 is 1.30 bits per heavy atom. The van der Waals surface area contributed by atoms with Gasteiger partial charge in [0.2, 0.25) is 0 Å². The molecule has 1 aromatic carbocycles. The Bertz CT molecular complexity index is 520. The van der Waals surface area contributed by atoms with Crippen LogP contribution in [0.2, 0.25) is 10.0 Å². The zero-order valence-electron chi connectivity index (χ0n) is 11.3. The molecule has 0 bridgehead atoms. The lowest BCUT2D eigenvalue weighted by atomic mass is 9.94. The van der Waals surface area contributed by atoms with Crippen LogP contribution in [0.25, 0.3) is 0 Å². The van der Waals surface area contributed by atoms with Gasteiger partial charge in [0.1, 0.15) is 0 Å². The molecule has 20 heavy (non-hydrogen) atoms. The number of nitrogens with one attached hydrogen (secondary N) is 1. The summed E-state index contributed by atoms with van der Waals surface area (Å²) in [5.74, 6) is -1.16. The number of ether oxygens (including phenoxy) is 1. The largest absolute Gasteiger partial charge is 0.494 e. The molecular formula is C13H15Cl2NO4. The van der Waals surface area contributed by atoms with Crippen LogP contribution >= 0.6 is 23.2 Å². The van der Waals surface area contributed by atoms with Crippen molar-refractivity contribution >= 4 is 35.1 Å². The molecule has 1 rings (SSSR count). The third-order valence-corrected chi connectivity index (χ3v) is 3.30. The predicted molar refractivity (Wildman–Crippen MR) is 76.8 cm³/mol. The van der Waals surface area contributed by atoms with Crippen molar-refractivity contribution in [2.75, 3.05) is 13.7 Å². The van der Waals surface area contributed by atoms with Crippen LogP contribution in [-0.4, -0.2) is 30.6 Å². The monoisotopic (exact) mass is 319 g/mol. The molecule has 0 aliphatic rings. The molecule has 0 unspecified atom stereocenters. The number of aliphatic carboxylic acids is 1. The molecule has 0 saturated carbocycles. The maximum absolute atomic E-state index is 12.0. The van der Waals surface area contributed by atoms with E-state index in [1.54, 1.807) is 0 Å². The maximum Gasteiger partial charge on any atom is 0.310 e. The molecule has 1 aromatic rings. The highest BCUT2D eigenvalue weighted by molar-refractivity contribution is 6.37. The number of carboxylic acid groups (broad SMARTS) is 1. The fraction of sp³-hybridized carbons (Fsp3) is 0.385. The first-order chi connectivity index (χ1) is 9.19. The first kappa shape index (κ1) is 16.6. The minimum Gasteiger partial charge on any atom is -0.494 e. The lowest BCUT2D eigenvalue weighted by molar-refractivity contribution is -0.146. The van der Waals surface area contributed by atoms with E-state index in [1.807, 2.05) is 0 Å². The van der Waals surface area contributed by atoms with Crippen LogP contribution in [-0.2, 0) is 4.79 Å². The molecule has 0 aliphatic carbocycles. The standard InChI is InChI=1S/C13H15Cl2NO4/c1-13(2,12(18)19)6-16-11(17)7-4-8(14)10(20-3)9(15)5-7/h4-5H,6H2,1-3H3,(H,16,17)(H,18,19). The molecule has 1 amide bonds. The zero-order chi connectivity index (χ0) is 15.5. The smallest absolute Gasteiger partial charge is 0.310 e. The number of rotatable bonds is 5. The van der Waals surface area contributed by atoms with Gasteiger partial charge in [-0.2, -0.15) is 0 Å². The Labute approximate surface area is 126 Å². The predicted octanol–water partition coefficient (Wildman–Crippen LogP) is 2.84. The van der Waals surface area contributed by atoms with Crippen LogP contribution in [0.3, 0.4) is 0 Å². The number of hydrogen-bond donors (Lipinski definition) is 2. The topological polar surface area (TPSA) is 75.6 Å². The summed E-state index contributed by atoms with van der Waals surface area (Å²) in [6.07, 6.45) is 0. The van der Waals surface area contributed by atoms with E-state index in [2.05, 4.69) is 5.32 Å². The average Bonchev–Trinajstić information content (AvgIpc) is 2.35. The van der Waals surface area contributed by atoms with E-state index in [1.165, 1.54) is 33.1 Å². The lowest BCUT2D eigenvalue weighted by Crippen LogP contribution is -2.38. The summed E-state index contributed by atoms with van der Waals surface area (Å²) in [7, 11) is 1.42. The summed E-state index contributed by atoms with van der Waals surface area (Å²) in [4.78, 5) is 22.9. The number of benzene rings is 1. The Morgan fingerprint density at radius 2 is 1.80 bits per heavy atom. The normalized spacial score (nSPS) is 11.1. The third-order valence-electron chi connectivity index (χ3n) is 2.73. The Kier molecular flexibility index (Phi) is 5.25. The van der Waals surface area contributed by atoms with Gasteiger partial charge in [0, 0.05) is 12.1 Å². The molecule has 0 heterocycles. The van der Waals surface area contributed by atoms with Gasteiger partial charge < -0.3 is 15.2 Å². The van der Waals surface area contributed by atoms with Crippen LogP contribution in [0.1, 0.15) is 24.2 Å². The van der Waals surface area contributed by atoms with Gasteiger partial charge in [-0.3, -0.25) is 9.59 Å². The van der Waals surface area contributed by atoms with Crippen LogP contribution in [0.4, 0.5) is 0 Å². The van der Waals surface area contributed by atoms with Gasteiger partial charge in [-0.1, -0.05) is 23.2 Å². The van der Waals surface area contributed by atoms with Gasteiger partial charge in [-0.05, 0) is 26.0 Å². The average molecular weight is 320 g/mol. The number of halogens is 2. The van der Waals surface area contributed by atoms with Crippen molar-refractivity contribution in [3.05, 3.63) is 27.7 Å². The van der Waals surface area contributed by atoms with Crippen LogP contribution in [0, 0.1) is 5.41 Å². The van der Waals surface area contributed by atoms with Crippen molar-refractivity contribution in [1.29, 1.82) is 0 Å². The van der Waals surface area contributed by atoms with E-state index in [-0.39, 0.29) is 27.9 Å². The first-order valence-corrected chi connectivity index (χ1v) is 6.49. The van der Waals surface area contributed by atoms with Crippen molar-refractivity contribution in [2.24, 2.45) is 5.41 Å². The quantitative estimate of drug-likeness (QED) is 0.875. The van der Waals surface area contributed by atoms with Crippen LogP contribution < -0.4 is 10.1 Å². The summed E-state index contributed by atoms with van der Waals surface area (Å²) >= 11 is 11.9. The van der Waals surface area contributed by atoms with Crippen molar-refractivity contribution in [3.63, 3.8) is 0 Å². The first-order valence-electron chi connectivity index (χ1n) is 5.73. The zero-order valence-corrected chi connectivity index (χ0v) is 12.8. The minimum absolute atomic E-state index is 0.0115. The fourth-order valence-corrected chi connectivity index (χ4v) is 2.01. The number of carbonyl (C=O) groups excluding carboxylic acids is 1. The highest BCUT2D eigenvalue weighted by Crippen LogP contribution is 2.33. The van der Waals surface area contributed by atoms with Crippen LogP contribution in [0.5, 0.6) is 5.75 Å². The van der Waals surface area contributed by atoms with Gasteiger partial charge in [0.15, 0.2) is 5.75 Å². The summed E-state index contributed by atoms with van der Waals surface area (Å²) < 4.78 is 4.98. The van der Waals surface area contributed by atoms with E-state index < -0.39 is 17.3 Å². The summed E-state index contributed by atoms with van der Waals surface area (Å²) in [6.45, 7) is 3.02. The summed E-state index contributed by atoms with van der Waals surface area (Å²) in [5, 5.41) is 11.9. The molecule has 0 aliphatic heterocycles. The molecular weight excluding hydrogens is 305 g/mol. The van der Waals surface area contributed by atoms with Crippen molar-refractivity contribution in [1.82, 2.24) is 5.32 Å². The van der Waals surface area contributed by atoms with Crippen molar-refractivity contribution in [3.8, 4) is 5.75 Å². The van der Waals surface area contributed by atoms with E-state index in [9.17, 15) is 9.59 Å².